The minimum absolute atomic E-state index is 0.0535. The van der Waals surface area contributed by atoms with Gasteiger partial charge >= 0.3 is 0 Å². The standard InChI is InChI=1S/C16H19Cl2NO3/c17-12-4-3-11(13(18)7-12)10-19-14(20)8-16(9-15(21)22)5-1-2-6-16/h3-4,7H,1-2,5-6,8-10H2,(H,19,20)(H,21,22)/p-1. The third-order valence-electron chi connectivity index (χ3n) is 4.21. The summed E-state index contributed by atoms with van der Waals surface area (Å²) in [6.45, 7) is 0.302. The van der Waals surface area contributed by atoms with Gasteiger partial charge in [0.15, 0.2) is 0 Å². The zero-order valence-electron chi connectivity index (χ0n) is 12.2. The largest absolute Gasteiger partial charge is 0.550 e. The molecule has 120 valence electrons. The molecule has 0 bridgehead atoms. The highest BCUT2D eigenvalue weighted by Crippen LogP contribution is 2.43. The van der Waals surface area contributed by atoms with E-state index in [1.54, 1.807) is 18.2 Å². The molecule has 1 aromatic rings. The van der Waals surface area contributed by atoms with Gasteiger partial charge in [0.25, 0.3) is 0 Å². The smallest absolute Gasteiger partial charge is 0.220 e. The number of halogens is 2. The zero-order chi connectivity index (χ0) is 16.2. The SMILES string of the molecule is O=C([O-])CC1(CC(=O)NCc2ccc(Cl)cc2Cl)CCCC1. The predicted molar refractivity (Wildman–Crippen MR) is 83.5 cm³/mol. The van der Waals surface area contributed by atoms with Crippen LogP contribution in [-0.2, 0) is 16.1 Å². The summed E-state index contributed by atoms with van der Waals surface area (Å²) in [6.07, 6.45) is 3.60. The second-order valence-electron chi connectivity index (χ2n) is 5.95. The van der Waals surface area contributed by atoms with Gasteiger partial charge in [0.05, 0.1) is 0 Å². The van der Waals surface area contributed by atoms with Gasteiger partial charge in [-0.1, -0.05) is 42.1 Å². The molecule has 0 unspecified atom stereocenters. The van der Waals surface area contributed by atoms with Crippen LogP contribution in [0.4, 0.5) is 0 Å². The van der Waals surface area contributed by atoms with Crippen molar-refractivity contribution < 1.29 is 14.7 Å². The monoisotopic (exact) mass is 342 g/mol. The summed E-state index contributed by atoms with van der Waals surface area (Å²) in [5.74, 6) is -1.25. The van der Waals surface area contributed by atoms with Crippen LogP contribution in [0.3, 0.4) is 0 Å². The van der Waals surface area contributed by atoms with Crippen molar-refractivity contribution in [3.63, 3.8) is 0 Å². The van der Waals surface area contributed by atoms with Crippen LogP contribution >= 0.6 is 23.2 Å². The lowest BCUT2D eigenvalue weighted by Gasteiger charge is -2.28. The van der Waals surface area contributed by atoms with Gasteiger partial charge in [0.1, 0.15) is 0 Å². The third kappa shape index (κ3) is 4.62. The van der Waals surface area contributed by atoms with Crippen molar-refractivity contribution in [3.8, 4) is 0 Å². The van der Waals surface area contributed by atoms with Crippen molar-refractivity contribution in [2.45, 2.75) is 45.1 Å². The Morgan fingerprint density at radius 1 is 1.18 bits per heavy atom. The number of carboxylic acid groups (broad SMARTS) is 1. The number of carbonyl (C=O) groups excluding carboxylic acids is 2. The normalized spacial score (nSPS) is 16.5. The summed E-state index contributed by atoms with van der Waals surface area (Å²) in [4.78, 5) is 23.1. The second-order valence-corrected chi connectivity index (χ2v) is 6.79. The van der Waals surface area contributed by atoms with Crippen LogP contribution in [-0.4, -0.2) is 11.9 Å². The highest BCUT2D eigenvalue weighted by Gasteiger charge is 2.35. The van der Waals surface area contributed by atoms with Gasteiger partial charge in [0.2, 0.25) is 5.91 Å². The number of hydrogen-bond donors (Lipinski definition) is 1. The van der Waals surface area contributed by atoms with Crippen LogP contribution in [0.15, 0.2) is 18.2 Å². The first-order valence-corrected chi connectivity index (χ1v) is 8.06. The average Bonchev–Trinajstić information content (AvgIpc) is 2.84. The Hall–Kier alpha value is -1.26. The number of carboxylic acids is 1. The summed E-state index contributed by atoms with van der Waals surface area (Å²) in [6, 6.07) is 5.10. The predicted octanol–water partition coefficient (Wildman–Crippen LogP) is 2.70. The highest BCUT2D eigenvalue weighted by atomic mass is 35.5. The maximum Gasteiger partial charge on any atom is 0.220 e. The van der Waals surface area contributed by atoms with E-state index in [9.17, 15) is 14.7 Å². The van der Waals surface area contributed by atoms with Crippen LogP contribution in [0, 0.1) is 5.41 Å². The van der Waals surface area contributed by atoms with Crippen LogP contribution in [0.25, 0.3) is 0 Å². The molecular weight excluding hydrogens is 325 g/mol. The fourth-order valence-corrected chi connectivity index (χ4v) is 3.58. The first-order valence-electron chi connectivity index (χ1n) is 7.31. The van der Waals surface area contributed by atoms with E-state index in [4.69, 9.17) is 23.2 Å². The van der Waals surface area contributed by atoms with Crippen LogP contribution in [0.2, 0.25) is 10.0 Å². The maximum absolute atomic E-state index is 12.1. The molecule has 1 saturated carbocycles. The molecule has 0 saturated heterocycles. The highest BCUT2D eigenvalue weighted by molar-refractivity contribution is 6.35. The van der Waals surface area contributed by atoms with Crippen LogP contribution < -0.4 is 10.4 Å². The summed E-state index contributed by atoms with van der Waals surface area (Å²) in [5, 5.41) is 14.8. The first-order chi connectivity index (χ1) is 10.4. The minimum atomic E-state index is -1.09. The van der Waals surface area contributed by atoms with Crippen molar-refractivity contribution in [1.82, 2.24) is 5.32 Å². The molecule has 6 heteroatoms. The Kier molecular flexibility index (Phi) is 5.70. The van der Waals surface area contributed by atoms with Gasteiger partial charge in [-0.25, -0.2) is 0 Å². The van der Waals surface area contributed by atoms with E-state index >= 15 is 0 Å². The van der Waals surface area contributed by atoms with E-state index in [1.165, 1.54) is 0 Å². The Labute approximate surface area is 139 Å². The molecular formula is C16H18Cl2NO3-. The number of carbonyl (C=O) groups is 2. The van der Waals surface area contributed by atoms with Gasteiger partial charge in [0, 0.05) is 29.0 Å². The Morgan fingerprint density at radius 3 is 2.45 bits per heavy atom. The summed E-state index contributed by atoms with van der Waals surface area (Å²) >= 11 is 11.9. The number of hydrogen-bond acceptors (Lipinski definition) is 3. The third-order valence-corrected chi connectivity index (χ3v) is 4.80. The lowest BCUT2D eigenvalue weighted by molar-refractivity contribution is -0.308. The van der Waals surface area contributed by atoms with Gasteiger partial charge in [-0.15, -0.1) is 0 Å². The molecule has 1 fully saturated rings. The molecule has 0 aromatic heterocycles. The molecule has 4 nitrogen and oxygen atoms in total. The molecule has 1 aromatic carbocycles. The zero-order valence-corrected chi connectivity index (χ0v) is 13.7. The minimum Gasteiger partial charge on any atom is -0.550 e. The van der Waals surface area contributed by atoms with E-state index < -0.39 is 11.4 Å². The number of amides is 1. The maximum atomic E-state index is 12.1. The van der Waals surface area contributed by atoms with Gasteiger partial charge in [-0.3, -0.25) is 4.79 Å². The summed E-state index contributed by atoms with van der Waals surface area (Å²) in [5.41, 5.74) is 0.326. The fourth-order valence-electron chi connectivity index (χ4n) is 3.11. The molecule has 2 rings (SSSR count). The Balaban J connectivity index is 1.92. The fraction of sp³-hybridized carbons (Fsp3) is 0.500. The first kappa shape index (κ1) is 17.1. The van der Waals surface area contributed by atoms with Crippen molar-refractivity contribution in [2.24, 2.45) is 5.41 Å². The molecule has 1 aliphatic rings. The van der Waals surface area contributed by atoms with Crippen molar-refractivity contribution in [1.29, 1.82) is 0 Å². The van der Waals surface area contributed by atoms with Gasteiger partial charge < -0.3 is 15.2 Å². The lowest BCUT2D eigenvalue weighted by Crippen LogP contribution is -2.35. The van der Waals surface area contributed by atoms with Gasteiger partial charge in [-0.05, 0) is 42.4 Å². The summed E-state index contributed by atoms with van der Waals surface area (Å²) < 4.78 is 0. The van der Waals surface area contributed by atoms with E-state index in [1.807, 2.05) is 0 Å². The Morgan fingerprint density at radius 2 is 1.86 bits per heavy atom. The van der Waals surface area contributed by atoms with Crippen molar-refractivity contribution in [2.75, 3.05) is 0 Å². The van der Waals surface area contributed by atoms with E-state index in [-0.39, 0.29) is 18.7 Å². The van der Waals surface area contributed by atoms with E-state index in [0.717, 1.165) is 31.2 Å². The molecule has 0 atom stereocenters. The molecule has 0 aliphatic heterocycles. The number of benzene rings is 1. The van der Waals surface area contributed by atoms with Crippen molar-refractivity contribution in [3.05, 3.63) is 33.8 Å². The molecule has 1 amide bonds. The quantitative estimate of drug-likeness (QED) is 0.863. The van der Waals surface area contributed by atoms with E-state index in [2.05, 4.69) is 5.32 Å². The van der Waals surface area contributed by atoms with E-state index in [0.29, 0.717) is 16.6 Å². The number of rotatable bonds is 6. The van der Waals surface area contributed by atoms with Crippen LogP contribution in [0.1, 0.15) is 44.1 Å². The van der Waals surface area contributed by atoms with Crippen LogP contribution in [0.5, 0.6) is 0 Å². The molecule has 0 radical (unpaired) electrons. The Bertz CT molecular complexity index is 569. The molecule has 0 heterocycles. The molecule has 22 heavy (non-hydrogen) atoms. The summed E-state index contributed by atoms with van der Waals surface area (Å²) in [7, 11) is 0. The second kappa shape index (κ2) is 7.34. The lowest BCUT2D eigenvalue weighted by atomic mass is 9.79. The number of aliphatic carboxylic acids is 1. The van der Waals surface area contributed by atoms with Gasteiger partial charge in [-0.2, -0.15) is 0 Å². The molecule has 1 N–H and O–H groups in total. The number of nitrogens with one attached hydrogen (secondary N) is 1. The molecule has 0 spiro atoms. The molecule has 1 aliphatic carbocycles. The van der Waals surface area contributed by atoms with Crippen molar-refractivity contribution >= 4 is 35.1 Å². The average molecular weight is 343 g/mol. The topological polar surface area (TPSA) is 69.2 Å².